The molecule has 1 aliphatic rings. The van der Waals surface area contributed by atoms with Gasteiger partial charge in [0.2, 0.25) is 5.91 Å². The van der Waals surface area contributed by atoms with Crippen LogP contribution in [0.2, 0.25) is 0 Å². The van der Waals surface area contributed by atoms with Gasteiger partial charge in [0.05, 0.1) is 6.61 Å². The topological polar surface area (TPSA) is 61.9 Å². The minimum Gasteiger partial charge on any atom is -0.450 e. The summed E-state index contributed by atoms with van der Waals surface area (Å²) in [5.74, 6) is -0.0579. The van der Waals surface area contributed by atoms with Crippen LogP contribution in [0.15, 0.2) is 30.3 Å². The van der Waals surface area contributed by atoms with Crippen LogP contribution in [0.25, 0.3) is 0 Å². The van der Waals surface area contributed by atoms with Gasteiger partial charge in [0.1, 0.15) is 6.04 Å². The maximum absolute atomic E-state index is 12.3. The molecule has 0 saturated carbocycles. The molecule has 2 amide bonds. The second-order valence-electron chi connectivity index (χ2n) is 5.67. The lowest BCUT2D eigenvalue weighted by Crippen LogP contribution is -2.54. The second kappa shape index (κ2) is 8.53. The highest BCUT2D eigenvalue weighted by atomic mass is 16.5. The van der Waals surface area contributed by atoms with Crippen molar-refractivity contribution in [1.29, 1.82) is 0 Å². The summed E-state index contributed by atoms with van der Waals surface area (Å²) in [6.45, 7) is 7.67. The first-order valence-electron chi connectivity index (χ1n) is 8.08. The van der Waals surface area contributed by atoms with Gasteiger partial charge in [-0.3, -0.25) is 9.69 Å². The van der Waals surface area contributed by atoms with Gasteiger partial charge in [-0.1, -0.05) is 30.3 Å². The maximum atomic E-state index is 12.3. The van der Waals surface area contributed by atoms with Gasteiger partial charge >= 0.3 is 6.09 Å². The number of nitrogens with zero attached hydrogens (tertiary/aromatic N) is 2. The molecule has 0 unspecified atom stereocenters. The van der Waals surface area contributed by atoms with E-state index in [1.165, 1.54) is 5.56 Å². The zero-order chi connectivity index (χ0) is 16.7. The maximum Gasteiger partial charge on any atom is 0.407 e. The van der Waals surface area contributed by atoms with Crippen molar-refractivity contribution in [1.82, 2.24) is 15.1 Å². The predicted molar refractivity (Wildman–Crippen MR) is 87.9 cm³/mol. The van der Waals surface area contributed by atoms with E-state index in [1.54, 1.807) is 18.7 Å². The van der Waals surface area contributed by atoms with Crippen molar-refractivity contribution >= 4 is 12.0 Å². The molecule has 0 bridgehead atoms. The minimum absolute atomic E-state index is 0.0579. The Morgan fingerprint density at radius 3 is 2.43 bits per heavy atom. The summed E-state index contributed by atoms with van der Waals surface area (Å²) >= 11 is 0. The fourth-order valence-electron chi connectivity index (χ4n) is 2.65. The Kier molecular flexibility index (Phi) is 6.40. The Morgan fingerprint density at radius 2 is 1.83 bits per heavy atom. The first kappa shape index (κ1) is 17.3. The van der Waals surface area contributed by atoms with Crippen LogP contribution < -0.4 is 5.32 Å². The lowest BCUT2D eigenvalue weighted by Gasteiger charge is -2.36. The molecule has 0 radical (unpaired) electrons. The van der Waals surface area contributed by atoms with E-state index in [0.29, 0.717) is 19.7 Å². The molecule has 2 rings (SSSR count). The molecular weight excluding hydrogens is 294 g/mol. The predicted octanol–water partition coefficient (Wildman–Crippen LogP) is 1.47. The standard InChI is InChI=1S/C17H25N3O3/c1-3-23-17(22)18-14(2)16(21)20-11-9-19(10-12-20)13-15-7-5-4-6-8-15/h4-8,14H,3,9-13H2,1-2H3,(H,18,22)/t14-/m0/s1. The van der Waals surface area contributed by atoms with Gasteiger partial charge in [-0.2, -0.15) is 0 Å². The molecule has 23 heavy (non-hydrogen) atoms. The Balaban J connectivity index is 1.77. The third-order valence-corrected chi connectivity index (χ3v) is 3.91. The van der Waals surface area contributed by atoms with Crippen LogP contribution in [0.5, 0.6) is 0 Å². The number of piperazine rings is 1. The van der Waals surface area contributed by atoms with Crippen LogP contribution in [0.4, 0.5) is 4.79 Å². The van der Waals surface area contributed by atoms with Gasteiger partial charge in [0, 0.05) is 32.7 Å². The molecule has 0 spiro atoms. The lowest BCUT2D eigenvalue weighted by molar-refractivity contribution is -0.134. The number of hydrogen-bond acceptors (Lipinski definition) is 4. The summed E-state index contributed by atoms with van der Waals surface area (Å²) in [4.78, 5) is 27.9. The molecule has 1 N–H and O–H groups in total. The van der Waals surface area contributed by atoms with E-state index >= 15 is 0 Å². The third kappa shape index (κ3) is 5.25. The second-order valence-corrected chi connectivity index (χ2v) is 5.67. The van der Waals surface area contributed by atoms with Crippen LogP contribution in [0, 0.1) is 0 Å². The number of alkyl carbamates (subject to hydrolysis) is 1. The van der Waals surface area contributed by atoms with Crippen molar-refractivity contribution in [2.45, 2.75) is 26.4 Å². The largest absolute Gasteiger partial charge is 0.450 e. The molecule has 1 atom stereocenters. The minimum atomic E-state index is -0.560. The van der Waals surface area contributed by atoms with E-state index in [-0.39, 0.29) is 5.91 Å². The lowest BCUT2D eigenvalue weighted by atomic mass is 10.2. The number of carbonyl (C=O) groups is 2. The van der Waals surface area contributed by atoms with E-state index in [1.807, 2.05) is 18.2 Å². The molecule has 1 saturated heterocycles. The molecule has 6 nitrogen and oxygen atoms in total. The summed E-state index contributed by atoms with van der Waals surface area (Å²) in [5, 5.41) is 2.56. The van der Waals surface area contributed by atoms with Crippen LogP contribution >= 0.6 is 0 Å². The Hall–Kier alpha value is -2.08. The van der Waals surface area contributed by atoms with Gasteiger partial charge in [-0.15, -0.1) is 0 Å². The van der Waals surface area contributed by atoms with Crippen molar-refractivity contribution in [3.63, 3.8) is 0 Å². The molecule has 1 aromatic carbocycles. The van der Waals surface area contributed by atoms with E-state index in [0.717, 1.165) is 19.6 Å². The first-order chi connectivity index (χ1) is 11.1. The molecule has 0 aliphatic carbocycles. The number of benzene rings is 1. The van der Waals surface area contributed by atoms with Crippen molar-refractivity contribution in [3.05, 3.63) is 35.9 Å². The Morgan fingerprint density at radius 1 is 1.17 bits per heavy atom. The summed E-state index contributed by atoms with van der Waals surface area (Å²) in [6.07, 6.45) is -0.545. The summed E-state index contributed by atoms with van der Waals surface area (Å²) in [6, 6.07) is 9.76. The summed E-state index contributed by atoms with van der Waals surface area (Å²) in [5.41, 5.74) is 1.28. The fraction of sp³-hybridized carbons (Fsp3) is 0.529. The zero-order valence-electron chi connectivity index (χ0n) is 13.8. The molecule has 1 fully saturated rings. The smallest absolute Gasteiger partial charge is 0.407 e. The number of amides is 2. The molecule has 1 aromatic rings. The van der Waals surface area contributed by atoms with Gasteiger partial charge < -0.3 is 15.0 Å². The third-order valence-electron chi connectivity index (χ3n) is 3.91. The SMILES string of the molecule is CCOC(=O)N[C@@H](C)C(=O)N1CCN(Cc2ccccc2)CC1. The van der Waals surface area contributed by atoms with E-state index in [9.17, 15) is 9.59 Å². The molecule has 1 heterocycles. The molecule has 1 aliphatic heterocycles. The van der Waals surface area contributed by atoms with Crippen molar-refractivity contribution < 1.29 is 14.3 Å². The van der Waals surface area contributed by atoms with Gasteiger partial charge in [-0.25, -0.2) is 4.79 Å². The number of hydrogen-bond donors (Lipinski definition) is 1. The average Bonchev–Trinajstić information content (AvgIpc) is 2.56. The highest BCUT2D eigenvalue weighted by Crippen LogP contribution is 2.09. The quantitative estimate of drug-likeness (QED) is 0.893. The van der Waals surface area contributed by atoms with Crippen molar-refractivity contribution in [2.75, 3.05) is 32.8 Å². The highest BCUT2D eigenvalue weighted by Gasteiger charge is 2.26. The fourth-order valence-corrected chi connectivity index (χ4v) is 2.65. The average molecular weight is 319 g/mol. The Labute approximate surface area is 137 Å². The highest BCUT2D eigenvalue weighted by molar-refractivity contribution is 5.85. The van der Waals surface area contributed by atoms with Crippen LogP contribution in [-0.2, 0) is 16.1 Å². The van der Waals surface area contributed by atoms with Gasteiger partial charge in [-0.05, 0) is 19.4 Å². The van der Waals surface area contributed by atoms with Crippen molar-refractivity contribution in [3.8, 4) is 0 Å². The van der Waals surface area contributed by atoms with Gasteiger partial charge in [0.25, 0.3) is 0 Å². The van der Waals surface area contributed by atoms with Gasteiger partial charge in [0.15, 0.2) is 0 Å². The zero-order valence-corrected chi connectivity index (χ0v) is 13.8. The number of nitrogens with one attached hydrogen (secondary N) is 1. The molecular formula is C17H25N3O3. The Bertz CT molecular complexity index is 513. The van der Waals surface area contributed by atoms with Crippen LogP contribution in [0.1, 0.15) is 19.4 Å². The summed E-state index contributed by atoms with van der Waals surface area (Å²) < 4.78 is 4.80. The molecule has 6 heteroatoms. The number of ether oxygens (including phenoxy) is 1. The molecule has 126 valence electrons. The van der Waals surface area contributed by atoms with Crippen LogP contribution in [-0.4, -0.2) is 60.6 Å². The van der Waals surface area contributed by atoms with E-state index in [2.05, 4.69) is 22.3 Å². The number of rotatable bonds is 5. The molecule has 0 aromatic heterocycles. The van der Waals surface area contributed by atoms with Crippen LogP contribution in [0.3, 0.4) is 0 Å². The number of carbonyl (C=O) groups excluding carboxylic acids is 2. The van der Waals surface area contributed by atoms with E-state index in [4.69, 9.17) is 4.74 Å². The first-order valence-corrected chi connectivity index (χ1v) is 8.08. The van der Waals surface area contributed by atoms with E-state index < -0.39 is 12.1 Å². The normalized spacial score (nSPS) is 16.7. The van der Waals surface area contributed by atoms with Crippen molar-refractivity contribution in [2.24, 2.45) is 0 Å². The summed E-state index contributed by atoms with van der Waals surface area (Å²) in [7, 11) is 0. The monoisotopic (exact) mass is 319 g/mol.